The zero-order valence-corrected chi connectivity index (χ0v) is 16.3. The molecule has 0 atom stereocenters. The highest BCUT2D eigenvalue weighted by molar-refractivity contribution is 7.71. The van der Waals surface area contributed by atoms with Gasteiger partial charge in [0.15, 0.2) is 16.4 Å². The second-order valence-electron chi connectivity index (χ2n) is 5.94. The van der Waals surface area contributed by atoms with E-state index in [-0.39, 0.29) is 12.3 Å². The van der Waals surface area contributed by atoms with Crippen molar-refractivity contribution in [3.05, 3.63) is 65.0 Å². The first-order chi connectivity index (χ1) is 13.7. The number of aromatic nitrogens is 5. The van der Waals surface area contributed by atoms with Gasteiger partial charge in [-0.1, -0.05) is 36.4 Å². The van der Waals surface area contributed by atoms with Crippen LogP contribution >= 0.6 is 23.6 Å². The van der Waals surface area contributed by atoms with Crippen molar-refractivity contribution in [3.63, 3.8) is 0 Å². The molecule has 0 aliphatic rings. The number of nitrogens with one attached hydrogen (secondary N) is 2. The number of nitrogens with zero attached hydrogens (tertiary/aromatic N) is 4. The molecule has 1 aromatic carbocycles. The van der Waals surface area contributed by atoms with Crippen LogP contribution in [0.4, 0.5) is 5.69 Å². The lowest BCUT2D eigenvalue weighted by Crippen LogP contribution is -2.15. The summed E-state index contributed by atoms with van der Waals surface area (Å²) in [5.74, 6) is 1.21. The van der Waals surface area contributed by atoms with Gasteiger partial charge in [0.05, 0.1) is 23.0 Å². The highest BCUT2D eigenvalue weighted by Gasteiger charge is 2.12. The summed E-state index contributed by atoms with van der Waals surface area (Å²) in [6.07, 6.45) is 3.47. The van der Waals surface area contributed by atoms with Crippen LogP contribution in [0.3, 0.4) is 0 Å². The van der Waals surface area contributed by atoms with Crippen molar-refractivity contribution in [3.8, 4) is 22.1 Å². The number of anilines is 1. The van der Waals surface area contributed by atoms with E-state index < -0.39 is 0 Å². The van der Waals surface area contributed by atoms with Gasteiger partial charge in [-0.3, -0.25) is 14.5 Å². The Morgan fingerprint density at radius 3 is 2.64 bits per heavy atom. The van der Waals surface area contributed by atoms with Gasteiger partial charge in [-0.15, -0.1) is 11.3 Å². The minimum Gasteiger partial charge on any atom is -0.323 e. The first-order valence-electron chi connectivity index (χ1n) is 8.57. The van der Waals surface area contributed by atoms with Crippen LogP contribution < -0.4 is 5.32 Å². The van der Waals surface area contributed by atoms with E-state index in [9.17, 15) is 4.79 Å². The molecule has 9 heteroatoms. The van der Waals surface area contributed by atoms with Gasteiger partial charge in [-0.2, -0.15) is 5.10 Å². The number of carbonyl (C=O) groups is 1. The first kappa shape index (κ1) is 18.2. The summed E-state index contributed by atoms with van der Waals surface area (Å²) in [5.41, 5.74) is 1.48. The number of amides is 1. The van der Waals surface area contributed by atoms with E-state index >= 15 is 0 Å². The summed E-state index contributed by atoms with van der Waals surface area (Å²) in [6.45, 7) is 0.428. The number of H-pyrrole nitrogens is 1. The summed E-state index contributed by atoms with van der Waals surface area (Å²) in [4.78, 5) is 22.0. The first-order valence-corrected chi connectivity index (χ1v) is 9.86. The molecule has 7 nitrogen and oxygen atoms in total. The molecule has 0 saturated carbocycles. The fraction of sp³-hybridized carbons (Fsp3) is 0.105. The maximum absolute atomic E-state index is 12.3. The minimum absolute atomic E-state index is 0.142. The zero-order valence-electron chi connectivity index (χ0n) is 14.7. The summed E-state index contributed by atoms with van der Waals surface area (Å²) >= 11 is 6.86. The second-order valence-corrected chi connectivity index (χ2v) is 7.28. The van der Waals surface area contributed by atoms with Crippen LogP contribution in [0.1, 0.15) is 6.42 Å². The van der Waals surface area contributed by atoms with Crippen molar-refractivity contribution in [1.82, 2.24) is 24.7 Å². The Hall–Kier alpha value is -3.17. The van der Waals surface area contributed by atoms with Crippen LogP contribution in [0.5, 0.6) is 0 Å². The molecule has 2 N–H and O–H groups in total. The molecular weight excluding hydrogens is 392 g/mol. The van der Waals surface area contributed by atoms with Gasteiger partial charge in [0, 0.05) is 18.5 Å². The van der Waals surface area contributed by atoms with Crippen LogP contribution in [0.2, 0.25) is 0 Å². The van der Waals surface area contributed by atoms with Crippen molar-refractivity contribution in [2.75, 3.05) is 5.32 Å². The minimum atomic E-state index is -0.142. The molecule has 4 aromatic rings. The quantitative estimate of drug-likeness (QED) is 0.468. The molecule has 28 heavy (non-hydrogen) atoms. The molecule has 0 bridgehead atoms. The van der Waals surface area contributed by atoms with Crippen LogP contribution in [0.15, 0.2) is 60.2 Å². The molecule has 140 valence electrons. The van der Waals surface area contributed by atoms with Gasteiger partial charge in [-0.25, -0.2) is 9.97 Å². The Morgan fingerprint density at radius 1 is 1.14 bits per heavy atom. The van der Waals surface area contributed by atoms with E-state index in [0.717, 1.165) is 16.3 Å². The van der Waals surface area contributed by atoms with Crippen LogP contribution in [0, 0.1) is 4.77 Å². The maximum Gasteiger partial charge on any atom is 0.226 e. The third-order valence-electron chi connectivity index (χ3n) is 4.03. The smallest absolute Gasteiger partial charge is 0.226 e. The van der Waals surface area contributed by atoms with E-state index in [1.807, 2.05) is 52.4 Å². The molecule has 0 fully saturated rings. The zero-order chi connectivity index (χ0) is 19.3. The van der Waals surface area contributed by atoms with Gasteiger partial charge in [0.25, 0.3) is 0 Å². The van der Waals surface area contributed by atoms with E-state index in [1.165, 1.54) is 0 Å². The fourth-order valence-electron chi connectivity index (χ4n) is 2.68. The maximum atomic E-state index is 12.3. The molecule has 0 saturated heterocycles. The average Bonchev–Trinajstić information content (AvgIpc) is 3.37. The van der Waals surface area contributed by atoms with Crippen molar-refractivity contribution < 1.29 is 4.79 Å². The molecule has 0 radical (unpaired) electrons. The predicted octanol–water partition coefficient (Wildman–Crippen LogP) is 4.15. The van der Waals surface area contributed by atoms with Gasteiger partial charge >= 0.3 is 0 Å². The lowest BCUT2D eigenvalue weighted by Gasteiger charge is -2.07. The van der Waals surface area contributed by atoms with Crippen LogP contribution in [-0.2, 0) is 11.3 Å². The lowest BCUT2D eigenvalue weighted by atomic mass is 10.2. The van der Waals surface area contributed by atoms with Crippen molar-refractivity contribution in [2.45, 2.75) is 13.0 Å². The summed E-state index contributed by atoms with van der Waals surface area (Å²) in [7, 11) is 0. The average molecular weight is 409 g/mol. The van der Waals surface area contributed by atoms with Crippen molar-refractivity contribution >= 4 is 35.1 Å². The molecule has 0 aliphatic carbocycles. The molecule has 0 unspecified atom stereocenters. The third-order valence-corrected chi connectivity index (χ3v) is 5.21. The van der Waals surface area contributed by atoms with Gasteiger partial charge < -0.3 is 5.32 Å². The van der Waals surface area contributed by atoms with Crippen molar-refractivity contribution in [1.29, 1.82) is 0 Å². The van der Waals surface area contributed by atoms with Gasteiger partial charge in [-0.05, 0) is 23.7 Å². The molecule has 1 amide bonds. The molecular formula is C19H16N6OS2. The Labute approximate surface area is 170 Å². The van der Waals surface area contributed by atoms with E-state index in [1.54, 1.807) is 23.7 Å². The van der Waals surface area contributed by atoms with Gasteiger partial charge in [0.2, 0.25) is 5.91 Å². The third kappa shape index (κ3) is 4.05. The topological polar surface area (TPSA) is 88.5 Å². The molecule has 3 aromatic heterocycles. The number of hydrogen-bond acceptors (Lipinski definition) is 6. The number of aromatic amines is 1. The summed E-state index contributed by atoms with van der Waals surface area (Å²) < 4.78 is 2.32. The Kier molecular flexibility index (Phi) is 5.36. The number of rotatable bonds is 6. The Morgan fingerprint density at radius 2 is 1.93 bits per heavy atom. The standard InChI is InChI=1S/C19H16N6OS2/c26-16(8-9-25-18(23-24-19(25)27)15-7-4-10-28-15)22-14-11-20-17(21-12-14)13-5-2-1-3-6-13/h1-7,10-12H,8-9H2,(H,22,26)(H,24,27). The fourth-order valence-corrected chi connectivity index (χ4v) is 3.63. The van der Waals surface area contributed by atoms with E-state index in [2.05, 4.69) is 25.5 Å². The molecule has 0 aliphatic heterocycles. The Bertz CT molecular complexity index is 1120. The number of benzene rings is 1. The Balaban J connectivity index is 1.39. The van der Waals surface area contributed by atoms with Crippen LogP contribution in [0.25, 0.3) is 22.1 Å². The summed E-state index contributed by atoms with van der Waals surface area (Å²) in [6, 6.07) is 13.6. The number of hydrogen-bond donors (Lipinski definition) is 2. The number of carbonyl (C=O) groups excluding carboxylic acids is 1. The van der Waals surface area contributed by atoms with Crippen molar-refractivity contribution in [2.24, 2.45) is 0 Å². The molecule has 0 spiro atoms. The molecule has 3 heterocycles. The van der Waals surface area contributed by atoms with E-state index in [0.29, 0.717) is 22.8 Å². The SMILES string of the molecule is O=C(CCn1c(-c2cccs2)n[nH]c1=S)Nc1cnc(-c2ccccc2)nc1. The monoisotopic (exact) mass is 408 g/mol. The molecule has 4 rings (SSSR count). The highest BCUT2D eigenvalue weighted by Crippen LogP contribution is 2.23. The summed E-state index contributed by atoms with van der Waals surface area (Å²) in [5, 5.41) is 11.8. The second kappa shape index (κ2) is 8.24. The number of thiophene rings is 1. The predicted molar refractivity (Wildman–Crippen MR) is 111 cm³/mol. The largest absolute Gasteiger partial charge is 0.323 e. The van der Waals surface area contributed by atoms with Gasteiger partial charge in [0.1, 0.15) is 0 Å². The normalized spacial score (nSPS) is 10.7. The van der Waals surface area contributed by atoms with E-state index in [4.69, 9.17) is 12.2 Å². The lowest BCUT2D eigenvalue weighted by molar-refractivity contribution is -0.116. The van der Waals surface area contributed by atoms with Crippen LogP contribution in [-0.4, -0.2) is 30.6 Å². The highest BCUT2D eigenvalue weighted by atomic mass is 32.1.